The number of pyridine rings is 1. The first kappa shape index (κ1) is 19.6. The summed E-state index contributed by atoms with van der Waals surface area (Å²) >= 11 is 0. The predicted octanol–water partition coefficient (Wildman–Crippen LogP) is 4.19. The average Bonchev–Trinajstić information content (AvgIpc) is 2.73. The Kier molecular flexibility index (Phi) is 5.22. The molecule has 0 saturated carbocycles. The molecular formula is C22H16F3N3O2. The van der Waals surface area contributed by atoms with Crippen LogP contribution in [-0.4, -0.2) is 21.4 Å². The van der Waals surface area contributed by atoms with Crippen molar-refractivity contribution < 1.29 is 17.9 Å². The molecule has 0 fully saturated rings. The highest BCUT2D eigenvalue weighted by Gasteiger charge is 2.13. The maximum atomic E-state index is 13.6. The Balaban J connectivity index is 1.69. The van der Waals surface area contributed by atoms with Crippen molar-refractivity contribution in [2.24, 2.45) is 0 Å². The minimum Gasteiger partial charge on any atom is -0.492 e. The molecule has 2 aromatic carbocycles. The lowest BCUT2D eigenvalue weighted by Crippen LogP contribution is -2.16. The fourth-order valence-corrected chi connectivity index (χ4v) is 3.10. The molecule has 0 spiro atoms. The molecule has 4 rings (SSSR count). The smallest absolute Gasteiger partial charge is 0.203 e. The van der Waals surface area contributed by atoms with E-state index in [0.717, 1.165) is 33.3 Å². The van der Waals surface area contributed by atoms with Gasteiger partial charge in [0.25, 0.3) is 0 Å². The van der Waals surface area contributed by atoms with Crippen molar-refractivity contribution in [2.45, 2.75) is 13.3 Å². The molecule has 0 aliphatic rings. The van der Waals surface area contributed by atoms with E-state index < -0.39 is 17.5 Å². The Morgan fingerprint density at radius 2 is 1.80 bits per heavy atom. The molecule has 0 bridgehead atoms. The number of hydrogen-bond donors (Lipinski definition) is 0. The first-order valence-electron chi connectivity index (χ1n) is 9.20. The predicted molar refractivity (Wildman–Crippen MR) is 105 cm³/mol. The lowest BCUT2D eigenvalue weighted by Gasteiger charge is -2.09. The molecule has 8 heteroatoms. The van der Waals surface area contributed by atoms with E-state index in [-0.39, 0.29) is 23.2 Å². The fraction of sp³-hybridized carbons (Fsp3) is 0.136. The zero-order valence-corrected chi connectivity index (χ0v) is 15.9. The maximum Gasteiger partial charge on any atom is 0.203 e. The Bertz CT molecular complexity index is 1280. The highest BCUT2D eigenvalue weighted by atomic mass is 19.2. The SMILES string of the molecule is CCOc1cnc2ccc(Cc3nn(-c4cc(F)c(F)c(F)c4)ccc3=O)cc2c1. The van der Waals surface area contributed by atoms with E-state index >= 15 is 0 Å². The third-order valence-electron chi connectivity index (χ3n) is 4.52. The number of nitrogens with zero attached hydrogens (tertiary/aromatic N) is 3. The monoisotopic (exact) mass is 411 g/mol. The Labute approximate surface area is 169 Å². The van der Waals surface area contributed by atoms with Gasteiger partial charge in [0, 0.05) is 36.2 Å². The number of aromatic nitrogens is 3. The van der Waals surface area contributed by atoms with Gasteiger partial charge >= 0.3 is 0 Å². The topological polar surface area (TPSA) is 57.0 Å². The standard InChI is InChI=1S/C22H16F3N3O2/c1-2-30-16-9-14-7-13(3-4-19(14)26-12-16)8-20-21(29)5-6-28(27-20)15-10-17(23)22(25)18(24)11-15/h3-7,9-12H,2,8H2,1H3. The van der Waals surface area contributed by atoms with Crippen LogP contribution in [0.5, 0.6) is 5.75 Å². The van der Waals surface area contributed by atoms with Crippen molar-refractivity contribution in [3.63, 3.8) is 0 Å². The second kappa shape index (κ2) is 7.98. The van der Waals surface area contributed by atoms with Crippen LogP contribution in [0.4, 0.5) is 13.2 Å². The van der Waals surface area contributed by atoms with Crippen LogP contribution in [0.3, 0.4) is 0 Å². The lowest BCUT2D eigenvalue weighted by atomic mass is 10.1. The zero-order chi connectivity index (χ0) is 21.3. The highest BCUT2D eigenvalue weighted by molar-refractivity contribution is 5.80. The van der Waals surface area contributed by atoms with Crippen molar-refractivity contribution in [1.82, 2.24) is 14.8 Å². The third kappa shape index (κ3) is 3.89. The number of hydrogen-bond acceptors (Lipinski definition) is 4. The molecule has 0 atom stereocenters. The molecule has 0 amide bonds. The van der Waals surface area contributed by atoms with Gasteiger partial charge in [0.2, 0.25) is 5.43 Å². The molecule has 2 heterocycles. The van der Waals surface area contributed by atoms with Gasteiger partial charge in [0.15, 0.2) is 17.5 Å². The van der Waals surface area contributed by atoms with Crippen molar-refractivity contribution in [2.75, 3.05) is 6.61 Å². The van der Waals surface area contributed by atoms with Gasteiger partial charge in [-0.1, -0.05) is 6.07 Å². The Hall–Kier alpha value is -3.68. The minimum absolute atomic E-state index is 0.0308. The van der Waals surface area contributed by atoms with Gasteiger partial charge in [-0.2, -0.15) is 5.10 Å². The molecule has 4 aromatic rings. The number of halogens is 3. The summed E-state index contributed by atoms with van der Waals surface area (Å²) in [7, 11) is 0. The molecule has 5 nitrogen and oxygen atoms in total. The lowest BCUT2D eigenvalue weighted by molar-refractivity contribution is 0.339. The number of rotatable bonds is 5. The van der Waals surface area contributed by atoms with Crippen LogP contribution in [0.25, 0.3) is 16.6 Å². The summed E-state index contributed by atoms with van der Waals surface area (Å²) in [5.41, 5.74) is 1.40. The van der Waals surface area contributed by atoms with E-state index in [1.54, 1.807) is 6.20 Å². The molecule has 0 radical (unpaired) electrons. The number of benzene rings is 2. The second-order valence-corrected chi connectivity index (χ2v) is 6.60. The van der Waals surface area contributed by atoms with Crippen molar-refractivity contribution in [3.8, 4) is 11.4 Å². The minimum atomic E-state index is -1.56. The summed E-state index contributed by atoms with van der Waals surface area (Å²) in [6, 6.07) is 10.3. The molecule has 0 unspecified atom stereocenters. The van der Waals surface area contributed by atoms with Gasteiger partial charge in [-0.05, 0) is 30.7 Å². The van der Waals surface area contributed by atoms with Gasteiger partial charge in [0.05, 0.1) is 24.0 Å². The zero-order valence-electron chi connectivity index (χ0n) is 15.9. The normalized spacial score (nSPS) is 11.1. The van der Waals surface area contributed by atoms with Gasteiger partial charge in [-0.25, -0.2) is 17.9 Å². The Morgan fingerprint density at radius 3 is 2.53 bits per heavy atom. The van der Waals surface area contributed by atoms with Crippen LogP contribution in [0.15, 0.2) is 59.7 Å². The van der Waals surface area contributed by atoms with E-state index in [1.807, 2.05) is 31.2 Å². The van der Waals surface area contributed by atoms with Gasteiger partial charge in [0.1, 0.15) is 11.4 Å². The largest absolute Gasteiger partial charge is 0.492 e. The van der Waals surface area contributed by atoms with E-state index in [9.17, 15) is 18.0 Å². The van der Waals surface area contributed by atoms with Crippen LogP contribution in [0.2, 0.25) is 0 Å². The molecule has 0 saturated heterocycles. The van der Waals surface area contributed by atoms with E-state index in [4.69, 9.17) is 4.74 Å². The summed E-state index contributed by atoms with van der Waals surface area (Å²) in [5, 5.41) is 5.03. The molecule has 0 N–H and O–H groups in total. The molecule has 30 heavy (non-hydrogen) atoms. The van der Waals surface area contributed by atoms with Gasteiger partial charge < -0.3 is 4.74 Å². The van der Waals surface area contributed by atoms with Crippen LogP contribution in [-0.2, 0) is 6.42 Å². The first-order chi connectivity index (χ1) is 14.4. The summed E-state index contributed by atoms with van der Waals surface area (Å²) in [4.78, 5) is 16.6. The third-order valence-corrected chi connectivity index (χ3v) is 4.52. The van der Waals surface area contributed by atoms with E-state index in [1.165, 1.54) is 12.3 Å². The van der Waals surface area contributed by atoms with E-state index in [2.05, 4.69) is 10.1 Å². The summed E-state index contributed by atoms with van der Waals surface area (Å²) < 4.78 is 46.9. The maximum absolute atomic E-state index is 13.6. The second-order valence-electron chi connectivity index (χ2n) is 6.60. The fourth-order valence-electron chi connectivity index (χ4n) is 3.10. The van der Waals surface area contributed by atoms with Gasteiger partial charge in [-0.3, -0.25) is 9.78 Å². The summed E-state index contributed by atoms with van der Waals surface area (Å²) in [6.45, 7) is 2.40. The van der Waals surface area contributed by atoms with E-state index in [0.29, 0.717) is 12.4 Å². The quantitative estimate of drug-likeness (QED) is 0.462. The summed E-state index contributed by atoms with van der Waals surface area (Å²) in [6.07, 6.45) is 3.11. The van der Waals surface area contributed by atoms with Crippen LogP contribution >= 0.6 is 0 Å². The summed E-state index contributed by atoms with van der Waals surface area (Å²) in [5.74, 6) is -3.59. The molecule has 0 aliphatic carbocycles. The molecule has 0 aliphatic heterocycles. The molecule has 152 valence electrons. The first-order valence-corrected chi connectivity index (χ1v) is 9.20. The number of ether oxygens (including phenoxy) is 1. The highest BCUT2D eigenvalue weighted by Crippen LogP contribution is 2.21. The molecule has 2 aromatic heterocycles. The van der Waals surface area contributed by atoms with Gasteiger partial charge in [-0.15, -0.1) is 0 Å². The average molecular weight is 411 g/mol. The van der Waals surface area contributed by atoms with Crippen LogP contribution in [0.1, 0.15) is 18.2 Å². The number of fused-ring (bicyclic) bond motifs is 1. The van der Waals surface area contributed by atoms with Crippen LogP contribution < -0.4 is 10.2 Å². The van der Waals surface area contributed by atoms with Crippen molar-refractivity contribution >= 4 is 10.9 Å². The van der Waals surface area contributed by atoms with Crippen molar-refractivity contribution in [3.05, 3.63) is 93.8 Å². The van der Waals surface area contributed by atoms with Crippen molar-refractivity contribution in [1.29, 1.82) is 0 Å². The molecular weight excluding hydrogens is 395 g/mol. The van der Waals surface area contributed by atoms with Crippen LogP contribution in [0, 0.1) is 17.5 Å². The Morgan fingerprint density at radius 1 is 1.03 bits per heavy atom.